The maximum Gasteiger partial charge on any atom is 0.318 e. The van der Waals surface area contributed by atoms with Crippen LogP contribution in [0.2, 0.25) is 0 Å². The monoisotopic (exact) mass is 677 g/mol. The first-order chi connectivity index (χ1) is 24.1. The molecule has 0 spiro atoms. The number of aromatic amines is 1. The molecule has 2 bridgehead atoms. The molecule has 0 unspecified atom stereocenters. The number of rotatable bonds is 9. The average Bonchev–Trinajstić information content (AvgIpc) is 3.41. The minimum Gasteiger partial charge on any atom is -0.482 e. The van der Waals surface area contributed by atoms with Gasteiger partial charge in [0.2, 0.25) is 5.56 Å². The Balaban J connectivity index is 1.11. The van der Waals surface area contributed by atoms with Crippen molar-refractivity contribution in [3.05, 3.63) is 81.5 Å². The van der Waals surface area contributed by atoms with Gasteiger partial charge in [-0.25, -0.2) is 14.8 Å². The molecule has 260 valence electrons. The largest absolute Gasteiger partial charge is 0.482 e. The summed E-state index contributed by atoms with van der Waals surface area (Å²) in [5.74, 6) is 1.09. The van der Waals surface area contributed by atoms with Crippen molar-refractivity contribution in [3.63, 3.8) is 0 Å². The number of carbonyl (C=O) groups excluding carboxylic acids is 2. The number of H-pyrrole nitrogens is 1. The first-order valence-corrected chi connectivity index (χ1v) is 17.4. The normalized spacial score (nSPS) is 20.5. The molecular formula is C37H43N9O4. The van der Waals surface area contributed by atoms with Crippen LogP contribution in [0.1, 0.15) is 72.5 Å². The lowest BCUT2D eigenvalue weighted by atomic mass is 9.97. The van der Waals surface area contributed by atoms with E-state index >= 15 is 0 Å². The molecule has 50 heavy (non-hydrogen) atoms. The third-order valence-corrected chi connectivity index (χ3v) is 10.7. The summed E-state index contributed by atoms with van der Waals surface area (Å²) in [6.07, 6.45) is 5.12. The van der Waals surface area contributed by atoms with Crippen molar-refractivity contribution >= 4 is 28.6 Å². The highest BCUT2D eigenvalue weighted by atomic mass is 16.5. The minimum absolute atomic E-state index is 0.0181. The summed E-state index contributed by atoms with van der Waals surface area (Å²) < 4.78 is 10.1. The fraction of sp³-hybridized carbons (Fsp3) is 0.432. The minimum atomic E-state index is -0.366. The highest BCUT2D eigenvalue weighted by Crippen LogP contribution is 2.40. The Hall–Kier alpha value is -5.17. The van der Waals surface area contributed by atoms with E-state index in [1.165, 1.54) is 11.0 Å². The standard InChI is InChI=1S/C37H43N9O4/c1-20(39-37(49)43(3)19-25-6-5-7-32(47)40-25)28-12-10-23-14-30(44(35(23)41-28)18-22-8-9-22)34-21(2)45-31(42-34)15-24(16-33(45)50-4)36(48)46-26-11-13-29(46)27(38)17-26/h5-7,10,12,14-16,20,22,26-27,29H,8-9,11,13,17-19,38H2,1-4H3,(H,39,49)(H,40,47)/t20-,26+,27-,29-/m1/s1. The van der Waals surface area contributed by atoms with Crippen LogP contribution in [-0.2, 0) is 13.1 Å². The zero-order chi connectivity index (χ0) is 34.8. The summed E-state index contributed by atoms with van der Waals surface area (Å²) in [5, 5.41) is 4.03. The van der Waals surface area contributed by atoms with Gasteiger partial charge in [0.1, 0.15) is 17.0 Å². The summed E-state index contributed by atoms with van der Waals surface area (Å²) in [6.45, 7) is 5.01. The molecule has 3 amide bonds. The first kappa shape index (κ1) is 32.1. The lowest BCUT2D eigenvalue weighted by Crippen LogP contribution is -2.40. The van der Waals surface area contributed by atoms with Crippen LogP contribution >= 0.6 is 0 Å². The number of pyridine rings is 3. The number of hydrogen-bond donors (Lipinski definition) is 3. The Morgan fingerprint density at radius 1 is 1.12 bits per heavy atom. The summed E-state index contributed by atoms with van der Waals surface area (Å²) >= 11 is 0. The van der Waals surface area contributed by atoms with E-state index in [1.54, 1.807) is 26.3 Å². The maximum absolute atomic E-state index is 13.8. The number of nitrogens with two attached hydrogens (primary N) is 1. The van der Waals surface area contributed by atoms with E-state index in [2.05, 4.69) is 20.9 Å². The smallest absolute Gasteiger partial charge is 0.318 e. The first-order valence-electron chi connectivity index (χ1n) is 17.4. The number of ether oxygens (including phenoxy) is 1. The van der Waals surface area contributed by atoms with Crippen molar-refractivity contribution in [2.75, 3.05) is 14.2 Å². The summed E-state index contributed by atoms with van der Waals surface area (Å²) in [5.41, 5.74) is 12.2. The van der Waals surface area contributed by atoms with Gasteiger partial charge in [-0.15, -0.1) is 0 Å². The topological polar surface area (TPSA) is 156 Å². The van der Waals surface area contributed by atoms with Crippen molar-refractivity contribution in [2.24, 2.45) is 11.7 Å². The van der Waals surface area contributed by atoms with Gasteiger partial charge in [-0.3, -0.25) is 14.0 Å². The number of imidazole rings is 1. The number of amides is 3. The number of aryl methyl sites for hydroxylation is 1. The van der Waals surface area contributed by atoms with Crippen LogP contribution < -0.4 is 21.3 Å². The van der Waals surface area contributed by atoms with Crippen LogP contribution in [0.4, 0.5) is 4.79 Å². The number of carbonyl (C=O) groups is 2. The molecule has 0 radical (unpaired) electrons. The lowest BCUT2D eigenvalue weighted by molar-refractivity contribution is 0.0726. The van der Waals surface area contributed by atoms with E-state index < -0.39 is 0 Å². The van der Waals surface area contributed by atoms with E-state index in [0.29, 0.717) is 28.7 Å². The van der Waals surface area contributed by atoms with Gasteiger partial charge in [0.25, 0.3) is 5.91 Å². The van der Waals surface area contributed by atoms with Crippen LogP contribution in [0, 0.1) is 12.8 Å². The van der Waals surface area contributed by atoms with E-state index in [4.69, 9.17) is 20.4 Å². The van der Waals surface area contributed by atoms with Gasteiger partial charge in [0, 0.05) is 60.5 Å². The molecule has 3 aliphatic rings. The van der Waals surface area contributed by atoms with Crippen LogP contribution in [0.3, 0.4) is 0 Å². The van der Waals surface area contributed by atoms with Gasteiger partial charge in [-0.05, 0) is 82.2 Å². The van der Waals surface area contributed by atoms with Crippen LogP contribution in [-0.4, -0.2) is 77.9 Å². The van der Waals surface area contributed by atoms with Gasteiger partial charge in [0.05, 0.1) is 36.8 Å². The number of aromatic nitrogens is 5. The Kier molecular flexibility index (Phi) is 7.89. The van der Waals surface area contributed by atoms with Gasteiger partial charge in [-0.2, -0.15) is 0 Å². The second kappa shape index (κ2) is 12.3. The zero-order valence-corrected chi connectivity index (χ0v) is 28.8. The molecule has 1 saturated carbocycles. The molecular weight excluding hydrogens is 634 g/mol. The zero-order valence-electron chi connectivity index (χ0n) is 28.8. The van der Waals surface area contributed by atoms with Crippen LogP contribution in [0.15, 0.2) is 53.3 Å². The molecule has 5 aromatic rings. The highest BCUT2D eigenvalue weighted by molar-refractivity contribution is 5.97. The SMILES string of the molecule is COc1cc(C(=O)N2[C@H]3CC[C@@H]2[C@H](N)C3)cc2nc(-c3cc4ccc([C@@H](C)NC(=O)N(C)Cc5cccc(=O)[nH]5)nc4n3CC3CC3)c(C)n12. The van der Waals surface area contributed by atoms with Crippen molar-refractivity contribution in [2.45, 2.75) is 83.2 Å². The lowest BCUT2D eigenvalue weighted by Gasteiger charge is -2.23. The van der Waals surface area contributed by atoms with Crippen LogP contribution in [0.25, 0.3) is 28.1 Å². The molecule has 4 atom stereocenters. The molecule has 13 nitrogen and oxygen atoms in total. The number of fused-ring (bicyclic) bond motifs is 4. The number of methoxy groups -OCH3 is 1. The highest BCUT2D eigenvalue weighted by Gasteiger charge is 2.47. The van der Waals surface area contributed by atoms with Gasteiger partial charge >= 0.3 is 6.03 Å². The van der Waals surface area contributed by atoms with E-state index in [0.717, 1.165) is 72.5 Å². The molecule has 8 rings (SSSR count). The third-order valence-electron chi connectivity index (χ3n) is 10.7. The average molecular weight is 678 g/mol. The Labute approximate surface area is 289 Å². The molecule has 4 N–H and O–H groups in total. The van der Waals surface area contributed by atoms with Crippen molar-refractivity contribution in [1.29, 1.82) is 0 Å². The molecule has 5 aromatic heterocycles. The number of nitrogens with zero attached hydrogens (tertiary/aromatic N) is 6. The van der Waals surface area contributed by atoms with Crippen molar-refractivity contribution in [3.8, 4) is 17.3 Å². The van der Waals surface area contributed by atoms with Crippen molar-refractivity contribution in [1.82, 2.24) is 39.0 Å². The summed E-state index contributed by atoms with van der Waals surface area (Å²) in [7, 11) is 3.31. The Morgan fingerprint density at radius 2 is 1.94 bits per heavy atom. The molecule has 3 fully saturated rings. The quantitative estimate of drug-likeness (QED) is 0.209. The van der Waals surface area contributed by atoms with Gasteiger partial charge < -0.3 is 35.1 Å². The predicted octanol–water partition coefficient (Wildman–Crippen LogP) is 4.37. The van der Waals surface area contributed by atoms with E-state index in [-0.39, 0.29) is 48.2 Å². The van der Waals surface area contributed by atoms with Crippen molar-refractivity contribution < 1.29 is 14.3 Å². The predicted molar refractivity (Wildman–Crippen MR) is 189 cm³/mol. The Bertz CT molecular complexity index is 2200. The van der Waals surface area contributed by atoms with Gasteiger partial charge in [-0.1, -0.05) is 6.07 Å². The van der Waals surface area contributed by atoms with E-state index in [9.17, 15) is 14.4 Å². The Morgan fingerprint density at radius 3 is 2.64 bits per heavy atom. The third kappa shape index (κ3) is 5.59. The second-order valence-electron chi connectivity index (χ2n) is 14.2. The number of urea groups is 1. The van der Waals surface area contributed by atoms with Gasteiger partial charge in [0.15, 0.2) is 5.88 Å². The fourth-order valence-electron chi connectivity index (χ4n) is 7.90. The number of nitrogens with one attached hydrogen (secondary N) is 2. The molecule has 13 heteroatoms. The summed E-state index contributed by atoms with van der Waals surface area (Å²) in [4.78, 5) is 55.1. The molecule has 0 aromatic carbocycles. The maximum atomic E-state index is 13.8. The molecule has 1 aliphatic carbocycles. The molecule has 2 aliphatic heterocycles. The second-order valence-corrected chi connectivity index (χ2v) is 14.2. The summed E-state index contributed by atoms with van der Waals surface area (Å²) in [6, 6.07) is 14.4. The fourth-order valence-corrected chi connectivity index (χ4v) is 7.90. The molecule has 7 heterocycles. The number of hydrogen-bond acceptors (Lipinski definition) is 7. The van der Waals surface area contributed by atoms with Crippen LogP contribution in [0.5, 0.6) is 5.88 Å². The van der Waals surface area contributed by atoms with E-state index in [1.807, 2.05) is 47.4 Å². The molecule has 2 saturated heterocycles.